The molecule has 1 aromatic heterocycles. The lowest BCUT2D eigenvalue weighted by Crippen LogP contribution is -2.28. The van der Waals surface area contributed by atoms with Gasteiger partial charge in [0.25, 0.3) is 0 Å². The summed E-state index contributed by atoms with van der Waals surface area (Å²) in [4.78, 5) is 7.08. The Morgan fingerprint density at radius 2 is 2.12 bits per heavy atom. The van der Waals surface area contributed by atoms with E-state index in [2.05, 4.69) is 35.0 Å². The molecule has 1 fully saturated rings. The largest absolute Gasteiger partial charge is 0.344 e. The van der Waals surface area contributed by atoms with E-state index in [-0.39, 0.29) is 5.41 Å². The summed E-state index contributed by atoms with van der Waals surface area (Å²) >= 11 is 1.53. The van der Waals surface area contributed by atoms with Gasteiger partial charge in [-0.3, -0.25) is 0 Å². The third-order valence-corrected chi connectivity index (χ3v) is 3.68. The second kappa shape index (κ2) is 4.90. The Morgan fingerprint density at radius 3 is 2.59 bits per heavy atom. The van der Waals surface area contributed by atoms with Crippen LogP contribution in [0.3, 0.4) is 0 Å². The fourth-order valence-electron chi connectivity index (χ4n) is 1.72. The minimum atomic E-state index is 0.0395. The van der Waals surface area contributed by atoms with E-state index in [9.17, 15) is 0 Å². The van der Waals surface area contributed by atoms with Gasteiger partial charge in [-0.05, 0) is 25.8 Å². The van der Waals surface area contributed by atoms with Gasteiger partial charge in [0.1, 0.15) is 5.82 Å². The molecule has 96 valence electrons. The van der Waals surface area contributed by atoms with Crippen LogP contribution < -0.4 is 10.6 Å². The van der Waals surface area contributed by atoms with Crippen LogP contribution in [0.5, 0.6) is 0 Å². The molecule has 0 bridgehead atoms. The van der Waals surface area contributed by atoms with Crippen LogP contribution in [0, 0.1) is 0 Å². The van der Waals surface area contributed by atoms with Gasteiger partial charge in [-0.1, -0.05) is 20.8 Å². The normalized spacial score (nSPS) is 16.2. The van der Waals surface area contributed by atoms with E-state index >= 15 is 0 Å². The molecule has 1 heterocycles. The van der Waals surface area contributed by atoms with Gasteiger partial charge in [0.05, 0.1) is 0 Å². The van der Waals surface area contributed by atoms with E-state index in [4.69, 9.17) is 5.73 Å². The monoisotopic (exact) mass is 254 g/mol. The van der Waals surface area contributed by atoms with Crippen molar-refractivity contribution in [2.75, 3.05) is 18.0 Å². The summed E-state index contributed by atoms with van der Waals surface area (Å²) in [6, 6.07) is 0.683. The highest BCUT2D eigenvalue weighted by molar-refractivity contribution is 7.09. The average Bonchev–Trinajstić information content (AvgIpc) is 2.94. The van der Waals surface area contributed by atoms with Gasteiger partial charge in [0, 0.05) is 29.5 Å². The number of hydrogen-bond acceptors (Lipinski definition) is 5. The third-order valence-electron chi connectivity index (χ3n) is 2.92. The molecule has 0 unspecified atom stereocenters. The van der Waals surface area contributed by atoms with Gasteiger partial charge in [-0.2, -0.15) is 4.37 Å². The van der Waals surface area contributed by atoms with Gasteiger partial charge < -0.3 is 10.6 Å². The maximum Gasteiger partial charge on any atom is 0.205 e. The molecule has 0 spiro atoms. The van der Waals surface area contributed by atoms with E-state index in [1.807, 2.05) is 0 Å². The maximum absolute atomic E-state index is 5.59. The predicted octanol–water partition coefficient (Wildman–Crippen LogP) is 2.15. The lowest BCUT2D eigenvalue weighted by molar-refractivity contribution is 0.553. The fourth-order valence-corrected chi connectivity index (χ4v) is 2.67. The van der Waals surface area contributed by atoms with Crippen LogP contribution >= 0.6 is 11.5 Å². The highest BCUT2D eigenvalue weighted by atomic mass is 32.1. The fraction of sp³-hybridized carbons (Fsp3) is 0.833. The average molecular weight is 254 g/mol. The van der Waals surface area contributed by atoms with Crippen molar-refractivity contribution in [3.8, 4) is 0 Å². The van der Waals surface area contributed by atoms with Gasteiger partial charge in [0.2, 0.25) is 5.13 Å². The van der Waals surface area contributed by atoms with E-state index in [0.717, 1.165) is 30.5 Å². The quantitative estimate of drug-likeness (QED) is 0.875. The van der Waals surface area contributed by atoms with Crippen molar-refractivity contribution >= 4 is 16.7 Å². The standard InChI is InChI=1S/C12H22N4S/c1-12(2,3)10-14-11(17-15-10)16(8-4-7-13)9-5-6-9/h9H,4-8,13H2,1-3H3. The maximum atomic E-state index is 5.59. The smallest absolute Gasteiger partial charge is 0.205 e. The Kier molecular flexibility index (Phi) is 3.68. The van der Waals surface area contributed by atoms with Crippen molar-refractivity contribution in [1.82, 2.24) is 9.36 Å². The second-order valence-electron chi connectivity index (χ2n) is 5.72. The van der Waals surface area contributed by atoms with E-state index in [1.54, 1.807) is 0 Å². The molecule has 1 aliphatic rings. The molecule has 2 rings (SSSR count). The minimum absolute atomic E-state index is 0.0395. The van der Waals surface area contributed by atoms with Gasteiger partial charge in [-0.15, -0.1) is 0 Å². The highest BCUT2D eigenvalue weighted by Crippen LogP contribution is 2.34. The Balaban J connectivity index is 2.10. The van der Waals surface area contributed by atoms with Crippen molar-refractivity contribution in [3.63, 3.8) is 0 Å². The van der Waals surface area contributed by atoms with Crippen LogP contribution in [0.15, 0.2) is 0 Å². The molecule has 0 amide bonds. The lowest BCUT2D eigenvalue weighted by atomic mass is 9.96. The van der Waals surface area contributed by atoms with Crippen LogP contribution in [-0.4, -0.2) is 28.5 Å². The van der Waals surface area contributed by atoms with Crippen LogP contribution in [0.2, 0.25) is 0 Å². The first kappa shape index (κ1) is 12.8. The van der Waals surface area contributed by atoms with Crippen molar-refractivity contribution in [3.05, 3.63) is 5.82 Å². The zero-order valence-corrected chi connectivity index (χ0v) is 11.8. The van der Waals surface area contributed by atoms with E-state index < -0.39 is 0 Å². The van der Waals surface area contributed by atoms with Crippen molar-refractivity contribution in [2.45, 2.75) is 51.5 Å². The van der Waals surface area contributed by atoms with Crippen LogP contribution in [0.1, 0.15) is 45.9 Å². The van der Waals surface area contributed by atoms with E-state index in [0.29, 0.717) is 6.04 Å². The number of aromatic nitrogens is 2. The van der Waals surface area contributed by atoms with Crippen molar-refractivity contribution in [2.24, 2.45) is 5.73 Å². The Labute approximate surface area is 107 Å². The summed E-state index contributed by atoms with van der Waals surface area (Å²) in [5, 5.41) is 1.07. The zero-order valence-electron chi connectivity index (χ0n) is 10.9. The SMILES string of the molecule is CC(C)(C)c1nsc(N(CCCN)C2CC2)n1. The Morgan fingerprint density at radius 1 is 1.41 bits per heavy atom. The number of nitrogens with two attached hydrogens (primary N) is 1. The Hall–Kier alpha value is -0.680. The topological polar surface area (TPSA) is 55.0 Å². The molecule has 1 saturated carbocycles. The third kappa shape index (κ3) is 3.16. The van der Waals surface area contributed by atoms with Crippen LogP contribution in [0.25, 0.3) is 0 Å². The molecule has 0 atom stereocenters. The summed E-state index contributed by atoms with van der Waals surface area (Å²) in [7, 11) is 0. The highest BCUT2D eigenvalue weighted by Gasteiger charge is 2.31. The molecule has 17 heavy (non-hydrogen) atoms. The summed E-state index contributed by atoms with van der Waals surface area (Å²) < 4.78 is 4.48. The van der Waals surface area contributed by atoms with Crippen molar-refractivity contribution in [1.29, 1.82) is 0 Å². The minimum Gasteiger partial charge on any atom is -0.344 e. The molecule has 0 saturated heterocycles. The zero-order chi connectivity index (χ0) is 12.5. The first-order valence-corrected chi connectivity index (χ1v) is 7.10. The summed E-state index contributed by atoms with van der Waals surface area (Å²) in [6.07, 6.45) is 3.60. The molecule has 2 N–H and O–H groups in total. The van der Waals surface area contributed by atoms with Gasteiger partial charge >= 0.3 is 0 Å². The molecule has 0 aromatic carbocycles. The van der Waals surface area contributed by atoms with Gasteiger partial charge in [0.15, 0.2) is 0 Å². The number of nitrogens with zero attached hydrogens (tertiary/aromatic N) is 3. The van der Waals surface area contributed by atoms with Crippen molar-refractivity contribution < 1.29 is 0 Å². The lowest BCUT2D eigenvalue weighted by Gasteiger charge is -2.20. The number of rotatable bonds is 5. The molecule has 4 nitrogen and oxygen atoms in total. The number of hydrogen-bond donors (Lipinski definition) is 1. The number of anilines is 1. The molecule has 0 radical (unpaired) electrons. The molecule has 1 aliphatic carbocycles. The second-order valence-corrected chi connectivity index (χ2v) is 6.45. The van der Waals surface area contributed by atoms with Crippen LogP contribution in [0.4, 0.5) is 5.13 Å². The predicted molar refractivity (Wildman–Crippen MR) is 72.6 cm³/mol. The van der Waals surface area contributed by atoms with E-state index in [1.165, 1.54) is 24.4 Å². The first-order valence-electron chi connectivity index (χ1n) is 6.33. The van der Waals surface area contributed by atoms with Gasteiger partial charge in [-0.25, -0.2) is 4.98 Å². The molecular formula is C12H22N4S. The van der Waals surface area contributed by atoms with Crippen LogP contribution in [-0.2, 0) is 5.41 Å². The summed E-state index contributed by atoms with van der Waals surface area (Å²) in [5.74, 6) is 0.955. The Bertz CT molecular complexity index is 365. The molecule has 1 aromatic rings. The summed E-state index contributed by atoms with van der Waals surface area (Å²) in [6.45, 7) is 8.22. The first-order chi connectivity index (χ1) is 8.02. The molecule has 5 heteroatoms. The molecule has 0 aliphatic heterocycles. The summed E-state index contributed by atoms with van der Waals surface area (Å²) in [5.41, 5.74) is 5.63. The molecular weight excluding hydrogens is 232 g/mol.